The smallest absolute Gasteiger partial charge is 0.435 e. The lowest BCUT2D eigenvalue weighted by atomic mass is 9.89. The molecule has 0 saturated carbocycles. The average Bonchev–Trinajstić information content (AvgIpc) is 3.28. The number of hydrogen-bond acceptors (Lipinski definition) is 6. The van der Waals surface area contributed by atoms with Gasteiger partial charge in [-0.3, -0.25) is 4.79 Å². The normalized spacial score (nSPS) is 14.7. The molecule has 0 atom stereocenters. The van der Waals surface area contributed by atoms with Crippen LogP contribution in [0, 0.1) is 6.92 Å². The minimum absolute atomic E-state index is 0.274. The van der Waals surface area contributed by atoms with Crippen LogP contribution in [0.5, 0.6) is 0 Å². The Bertz CT molecular complexity index is 1560. The lowest BCUT2D eigenvalue weighted by molar-refractivity contribution is 0.0522. The summed E-state index contributed by atoms with van der Waals surface area (Å²) in [6, 6.07) is 18.9. The maximum absolute atomic E-state index is 13.3. The minimum atomic E-state index is -0.723. The van der Waals surface area contributed by atoms with Crippen molar-refractivity contribution in [3.8, 4) is 0 Å². The molecule has 0 unspecified atom stereocenters. The number of aryl methyl sites for hydroxylation is 1. The molecule has 8 nitrogen and oxygen atoms in total. The van der Waals surface area contributed by atoms with Crippen molar-refractivity contribution >= 4 is 51.7 Å². The zero-order valence-electron chi connectivity index (χ0n) is 24.1. The molecule has 2 heterocycles. The summed E-state index contributed by atoms with van der Waals surface area (Å²) in [5.41, 5.74) is 4.00. The number of amides is 1. The van der Waals surface area contributed by atoms with Crippen molar-refractivity contribution in [2.45, 2.75) is 52.1 Å². The first-order valence-corrected chi connectivity index (χ1v) is 14.2. The van der Waals surface area contributed by atoms with E-state index in [9.17, 15) is 9.59 Å². The number of piperidine rings is 1. The number of likely N-dealkylation sites (tertiary alicyclic amines) is 1. The van der Waals surface area contributed by atoms with Gasteiger partial charge in [0.25, 0.3) is 5.91 Å². The Hall–Kier alpha value is -3.88. The molecule has 0 bridgehead atoms. The first kappa shape index (κ1) is 28.6. The number of aromatic nitrogens is 2. The van der Waals surface area contributed by atoms with Crippen molar-refractivity contribution < 1.29 is 14.3 Å². The van der Waals surface area contributed by atoms with Crippen LogP contribution in [0.25, 0.3) is 10.9 Å². The quantitative estimate of drug-likeness (QED) is 0.256. The highest BCUT2D eigenvalue weighted by Gasteiger charge is 2.24. The monoisotopic (exact) mass is 573 g/mol. The number of benzene rings is 3. The molecule has 1 saturated heterocycles. The third-order valence-electron chi connectivity index (χ3n) is 7.33. The summed E-state index contributed by atoms with van der Waals surface area (Å²) in [4.78, 5) is 28.8. The van der Waals surface area contributed by atoms with Gasteiger partial charge in [-0.2, -0.15) is 4.68 Å². The van der Waals surface area contributed by atoms with Crippen LogP contribution in [0.3, 0.4) is 0 Å². The molecule has 9 heteroatoms. The number of fused-ring (bicyclic) bond motifs is 1. The number of nitrogens with one attached hydrogen (secondary N) is 2. The topological polar surface area (TPSA) is 88.5 Å². The van der Waals surface area contributed by atoms with E-state index in [4.69, 9.17) is 16.3 Å². The molecule has 0 aliphatic carbocycles. The fourth-order valence-corrected chi connectivity index (χ4v) is 5.36. The first-order valence-electron chi connectivity index (χ1n) is 13.9. The summed E-state index contributed by atoms with van der Waals surface area (Å²) in [6.07, 6.45) is 1.59. The van der Waals surface area contributed by atoms with Crippen molar-refractivity contribution in [3.05, 3.63) is 82.4 Å². The maximum Gasteiger partial charge on any atom is 0.435 e. The van der Waals surface area contributed by atoms with Crippen LogP contribution in [-0.4, -0.2) is 52.4 Å². The summed E-state index contributed by atoms with van der Waals surface area (Å²) in [7, 11) is 2.15. The summed E-state index contributed by atoms with van der Waals surface area (Å²) >= 11 is 6.43. The highest BCUT2D eigenvalue weighted by Crippen LogP contribution is 2.33. The van der Waals surface area contributed by atoms with E-state index in [2.05, 4.69) is 27.7 Å². The predicted octanol–water partition coefficient (Wildman–Crippen LogP) is 7.59. The van der Waals surface area contributed by atoms with Crippen LogP contribution in [0.2, 0.25) is 5.02 Å². The third kappa shape index (κ3) is 6.55. The first-order chi connectivity index (χ1) is 19.5. The molecular weight excluding hydrogens is 538 g/mol. The minimum Gasteiger partial charge on any atom is -0.442 e. The van der Waals surface area contributed by atoms with E-state index >= 15 is 0 Å². The van der Waals surface area contributed by atoms with Gasteiger partial charge in [0, 0.05) is 16.6 Å². The zero-order valence-corrected chi connectivity index (χ0v) is 24.9. The van der Waals surface area contributed by atoms with E-state index in [0.717, 1.165) is 37.2 Å². The van der Waals surface area contributed by atoms with Gasteiger partial charge in [-0.15, -0.1) is 5.10 Å². The Labute approximate surface area is 245 Å². The van der Waals surface area contributed by atoms with Gasteiger partial charge in [0.05, 0.1) is 16.2 Å². The molecule has 1 aliphatic heterocycles. The van der Waals surface area contributed by atoms with Crippen LogP contribution < -0.4 is 10.6 Å². The molecular formula is C32H36ClN5O3. The summed E-state index contributed by atoms with van der Waals surface area (Å²) in [5, 5.41) is 11.9. The van der Waals surface area contributed by atoms with E-state index in [1.54, 1.807) is 26.8 Å². The molecule has 1 amide bonds. The van der Waals surface area contributed by atoms with Crippen molar-refractivity contribution in [1.82, 2.24) is 14.7 Å². The Morgan fingerprint density at radius 1 is 1.02 bits per heavy atom. The van der Waals surface area contributed by atoms with E-state index in [-0.39, 0.29) is 11.7 Å². The van der Waals surface area contributed by atoms with Gasteiger partial charge in [0.15, 0.2) is 5.82 Å². The van der Waals surface area contributed by atoms with Gasteiger partial charge < -0.3 is 20.3 Å². The highest BCUT2D eigenvalue weighted by molar-refractivity contribution is 6.33. The molecule has 1 fully saturated rings. The SMILES string of the molecule is Cc1cccc(Cl)c1Nc1ccc2c(NC(=O)c3ccc(C4CCN(C)CC4)cc3)nn(C(=O)OC(C)(C)C)c2c1. The second-order valence-corrected chi connectivity index (χ2v) is 12.1. The van der Waals surface area contributed by atoms with Crippen LogP contribution in [0.15, 0.2) is 60.7 Å². The van der Waals surface area contributed by atoms with E-state index in [1.165, 1.54) is 10.2 Å². The molecule has 0 radical (unpaired) electrons. The number of carbonyl (C=O) groups excluding carboxylic acids is 2. The molecule has 0 spiro atoms. The largest absolute Gasteiger partial charge is 0.442 e. The van der Waals surface area contributed by atoms with Gasteiger partial charge in [-0.05, 0) is 114 Å². The van der Waals surface area contributed by atoms with Crippen LogP contribution in [0.4, 0.5) is 22.0 Å². The summed E-state index contributed by atoms with van der Waals surface area (Å²) in [5.74, 6) is 0.481. The molecule has 1 aromatic heterocycles. The molecule has 2 N–H and O–H groups in total. The Morgan fingerprint density at radius 3 is 2.39 bits per heavy atom. The van der Waals surface area contributed by atoms with E-state index < -0.39 is 11.7 Å². The maximum atomic E-state index is 13.3. The lowest BCUT2D eigenvalue weighted by Gasteiger charge is -2.29. The van der Waals surface area contributed by atoms with Crippen LogP contribution >= 0.6 is 11.6 Å². The number of hydrogen-bond donors (Lipinski definition) is 2. The Morgan fingerprint density at radius 2 is 1.73 bits per heavy atom. The van der Waals surface area contributed by atoms with Gasteiger partial charge in [0.2, 0.25) is 0 Å². The number of rotatable bonds is 5. The fraction of sp³-hybridized carbons (Fsp3) is 0.344. The van der Waals surface area contributed by atoms with Crippen molar-refractivity contribution in [1.29, 1.82) is 0 Å². The molecule has 5 rings (SSSR count). The van der Waals surface area contributed by atoms with Crippen molar-refractivity contribution in [2.75, 3.05) is 30.8 Å². The van der Waals surface area contributed by atoms with Crippen molar-refractivity contribution in [3.63, 3.8) is 0 Å². The Balaban J connectivity index is 1.43. The van der Waals surface area contributed by atoms with E-state index in [0.29, 0.717) is 33.1 Å². The molecule has 1 aliphatic rings. The second-order valence-electron chi connectivity index (χ2n) is 11.7. The predicted molar refractivity (Wildman–Crippen MR) is 165 cm³/mol. The summed E-state index contributed by atoms with van der Waals surface area (Å²) < 4.78 is 6.80. The number of nitrogens with zero attached hydrogens (tertiary/aromatic N) is 3. The van der Waals surface area contributed by atoms with Gasteiger partial charge in [-0.1, -0.05) is 35.9 Å². The number of halogens is 1. The molecule has 41 heavy (non-hydrogen) atoms. The number of carbonyl (C=O) groups is 2. The molecule has 3 aromatic carbocycles. The second kappa shape index (κ2) is 11.5. The number of anilines is 3. The van der Waals surface area contributed by atoms with Crippen molar-refractivity contribution in [2.24, 2.45) is 0 Å². The van der Waals surface area contributed by atoms with Crippen LogP contribution in [-0.2, 0) is 4.74 Å². The highest BCUT2D eigenvalue weighted by atomic mass is 35.5. The van der Waals surface area contributed by atoms with Crippen LogP contribution in [0.1, 0.15) is 61.0 Å². The number of ether oxygens (including phenoxy) is 1. The van der Waals surface area contributed by atoms with E-state index in [1.807, 2.05) is 61.5 Å². The third-order valence-corrected chi connectivity index (χ3v) is 7.65. The zero-order chi connectivity index (χ0) is 29.3. The van der Waals surface area contributed by atoms with Gasteiger partial charge in [-0.25, -0.2) is 4.79 Å². The van der Waals surface area contributed by atoms with Gasteiger partial charge in [0.1, 0.15) is 5.60 Å². The number of para-hydroxylation sites is 1. The summed E-state index contributed by atoms with van der Waals surface area (Å²) in [6.45, 7) is 9.50. The average molecular weight is 574 g/mol. The Kier molecular flexibility index (Phi) is 8.07. The molecule has 214 valence electrons. The van der Waals surface area contributed by atoms with Gasteiger partial charge >= 0.3 is 6.09 Å². The fourth-order valence-electron chi connectivity index (χ4n) is 5.09. The molecule has 4 aromatic rings. The lowest BCUT2D eigenvalue weighted by Crippen LogP contribution is -2.29. The standard InChI is InChI=1S/C32H36ClN5O3/c1-20-7-6-8-26(33)28(20)34-24-13-14-25-27(19-24)38(31(40)41-32(2,3)4)36-29(25)35-30(39)23-11-9-21(10-12-23)22-15-17-37(5)18-16-22/h6-14,19,22,34H,15-18H2,1-5H3,(H,35,36,39).